The topological polar surface area (TPSA) is 97.6 Å². The van der Waals surface area contributed by atoms with Crippen molar-refractivity contribution < 1.29 is 18.8 Å². The number of ether oxygens (including phenoxy) is 1. The molecule has 8 heteroatoms. The van der Waals surface area contributed by atoms with Gasteiger partial charge in [0.2, 0.25) is 23.5 Å². The number of carbonyl (C=O) groups is 2. The van der Waals surface area contributed by atoms with Gasteiger partial charge < -0.3 is 19.5 Å². The molecule has 0 fully saturated rings. The predicted octanol–water partition coefficient (Wildman–Crippen LogP) is 4.08. The largest absolute Gasteiger partial charge is 0.497 e. The second kappa shape index (κ2) is 11.1. The molecule has 2 aromatic carbocycles. The van der Waals surface area contributed by atoms with Gasteiger partial charge in [0.1, 0.15) is 5.75 Å². The molecule has 1 N–H and O–H groups in total. The third-order valence-electron chi connectivity index (χ3n) is 5.02. The van der Waals surface area contributed by atoms with Crippen molar-refractivity contribution in [3.8, 4) is 17.1 Å². The lowest BCUT2D eigenvalue weighted by molar-refractivity contribution is -0.129. The van der Waals surface area contributed by atoms with E-state index in [9.17, 15) is 9.59 Å². The molecule has 1 aromatic heterocycles. The van der Waals surface area contributed by atoms with E-state index < -0.39 is 0 Å². The maximum absolute atomic E-state index is 12.3. The number of amides is 2. The number of anilines is 1. The predicted molar refractivity (Wildman–Crippen MR) is 121 cm³/mol. The zero-order valence-corrected chi connectivity index (χ0v) is 18.6. The van der Waals surface area contributed by atoms with Crippen molar-refractivity contribution in [1.82, 2.24) is 15.0 Å². The first kappa shape index (κ1) is 23.0. The van der Waals surface area contributed by atoms with Crippen molar-refractivity contribution in [2.45, 2.75) is 39.7 Å². The molecule has 32 heavy (non-hydrogen) atoms. The molecular weight excluding hydrogens is 408 g/mol. The first-order valence-electron chi connectivity index (χ1n) is 10.6. The Morgan fingerprint density at radius 3 is 2.62 bits per heavy atom. The van der Waals surface area contributed by atoms with Crippen molar-refractivity contribution >= 4 is 17.5 Å². The third-order valence-corrected chi connectivity index (χ3v) is 5.02. The Hall–Kier alpha value is -3.68. The zero-order valence-electron chi connectivity index (χ0n) is 18.6. The summed E-state index contributed by atoms with van der Waals surface area (Å²) in [4.78, 5) is 30.1. The second-order valence-corrected chi connectivity index (χ2v) is 7.38. The van der Waals surface area contributed by atoms with Gasteiger partial charge >= 0.3 is 0 Å². The lowest BCUT2D eigenvalue weighted by Gasteiger charge is -2.19. The molecule has 0 saturated carbocycles. The van der Waals surface area contributed by atoms with Crippen LogP contribution in [0.2, 0.25) is 0 Å². The molecule has 0 aliphatic heterocycles. The Morgan fingerprint density at radius 1 is 1.16 bits per heavy atom. The Labute approximate surface area is 187 Å². The smallest absolute Gasteiger partial charge is 0.226 e. The number of methoxy groups -OCH3 is 1. The highest BCUT2D eigenvalue weighted by Crippen LogP contribution is 2.20. The summed E-state index contributed by atoms with van der Waals surface area (Å²) >= 11 is 0. The van der Waals surface area contributed by atoms with Gasteiger partial charge in [-0.25, -0.2) is 0 Å². The Bertz CT molecular complexity index is 1050. The number of nitrogens with one attached hydrogen (secondary N) is 1. The van der Waals surface area contributed by atoms with Crippen LogP contribution in [-0.2, 0) is 22.6 Å². The van der Waals surface area contributed by atoms with Crippen LogP contribution in [0.15, 0.2) is 53.1 Å². The van der Waals surface area contributed by atoms with Crippen LogP contribution in [0.1, 0.15) is 38.1 Å². The number of benzene rings is 2. The van der Waals surface area contributed by atoms with Crippen LogP contribution >= 0.6 is 0 Å². The average molecular weight is 437 g/mol. The van der Waals surface area contributed by atoms with Gasteiger partial charge in [-0.3, -0.25) is 9.59 Å². The molecular formula is C24H28N4O4. The highest BCUT2D eigenvalue weighted by Gasteiger charge is 2.11. The maximum atomic E-state index is 12.3. The second-order valence-electron chi connectivity index (χ2n) is 7.38. The van der Waals surface area contributed by atoms with E-state index in [4.69, 9.17) is 9.26 Å². The standard InChI is InChI=1S/C24H28N4O4/c1-4-28(17(2)29)16-18-7-5-8-20(15-18)25-22(30)9-6-10-23-26-24(27-32-23)19-11-13-21(31-3)14-12-19/h5,7-8,11-15H,4,6,9-10,16H2,1-3H3,(H,25,30). The molecule has 0 unspecified atom stereocenters. The molecule has 0 bridgehead atoms. The summed E-state index contributed by atoms with van der Waals surface area (Å²) in [5.74, 6) is 1.70. The number of hydrogen-bond acceptors (Lipinski definition) is 6. The number of nitrogens with zero attached hydrogens (tertiary/aromatic N) is 3. The molecule has 3 rings (SSSR count). The van der Waals surface area contributed by atoms with Crippen LogP contribution in [0.5, 0.6) is 5.75 Å². The van der Waals surface area contributed by atoms with E-state index in [2.05, 4.69) is 15.5 Å². The minimum absolute atomic E-state index is 0.0260. The lowest BCUT2D eigenvalue weighted by atomic mass is 10.1. The van der Waals surface area contributed by atoms with E-state index in [1.165, 1.54) is 0 Å². The van der Waals surface area contributed by atoms with E-state index in [1.807, 2.05) is 55.5 Å². The lowest BCUT2D eigenvalue weighted by Crippen LogP contribution is -2.27. The molecule has 0 radical (unpaired) electrons. The first-order valence-corrected chi connectivity index (χ1v) is 10.6. The molecule has 0 aliphatic carbocycles. The third kappa shape index (κ3) is 6.41. The number of rotatable bonds is 10. The van der Waals surface area contributed by atoms with Gasteiger partial charge in [0.05, 0.1) is 7.11 Å². The van der Waals surface area contributed by atoms with Crippen molar-refractivity contribution in [3.05, 3.63) is 60.0 Å². The van der Waals surface area contributed by atoms with E-state index in [1.54, 1.807) is 18.9 Å². The molecule has 0 atom stereocenters. The molecule has 8 nitrogen and oxygen atoms in total. The van der Waals surface area contributed by atoms with Crippen molar-refractivity contribution in [2.24, 2.45) is 0 Å². The van der Waals surface area contributed by atoms with Gasteiger partial charge in [0.15, 0.2) is 0 Å². The Morgan fingerprint density at radius 2 is 1.94 bits per heavy atom. The molecule has 2 amide bonds. The fourth-order valence-electron chi connectivity index (χ4n) is 3.25. The van der Waals surface area contributed by atoms with Crippen LogP contribution in [0, 0.1) is 0 Å². The van der Waals surface area contributed by atoms with Gasteiger partial charge in [0, 0.05) is 44.1 Å². The molecule has 1 heterocycles. The van der Waals surface area contributed by atoms with E-state index >= 15 is 0 Å². The first-order chi connectivity index (χ1) is 15.5. The SMILES string of the molecule is CCN(Cc1cccc(NC(=O)CCCc2nc(-c3ccc(OC)cc3)no2)c1)C(C)=O. The fourth-order valence-corrected chi connectivity index (χ4v) is 3.25. The number of hydrogen-bond donors (Lipinski definition) is 1. The molecule has 0 spiro atoms. The summed E-state index contributed by atoms with van der Waals surface area (Å²) in [6.07, 6.45) is 1.43. The molecule has 168 valence electrons. The Balaban J connectivity index is 1.48. The monoisotopic (exact) mass is 436 g/mol. The van der Waals surface area contributed by atoms with Gasteiger partial charge in [-0.1, -0.05) is 17.3 Å². The summed E-state index contributed by atoms with van der Waals surface area (Å²) in [6.45, 7) is 4.65. The average Bonchev–Trinajstić information content (AvgIpc) is 3.26. The number of aromatic nitrogens is 2. The van der Waals surface area contributed by atoms with Crippen molar-refractivity contribution in [3.63, 3.8) is 0 Å². The minimum atomic E-state index is -0.0871. The van der Waals surface area contributed by atoms with Crippen molar-refractivity contribution in [2.75, 3.05) is 19.0 Å². The summed E-state index contributed by atoms with van der Waals surface area (Å²) in [6, 6.07) is 15.0. The highest BCUT2D eigenvalue weighted by atomic mass is 16.5. The van der Waals surface area contributed by atoms with Crippen LogP contribution in [0.3, 0.4) is 0 Å². The van der Waals surface area contributed by atoms with Crippen LogP contribution in [0.4, 0.5) is 5.69 Å². The minimum Gasteiger partial charge on any atom is -0.497 e. The highest BCUT2D eigenvalue weighted by molar-refractivity contribution is 5.90. The quantitative estimate of drug-likeness (QED) is 0.514. The molecule has 0 aliphatic rings. The summed E-state index contributed by atoms with van der Waals surface area (Å²) in [5, 5.41) is 6.91. The van der Waals surface area contributed by atoms with E-state index in [-0.39, 0.29) is 11.8 Å². The van der Waals surface area contributed by atoms with E-state index in [0.717, 1.165) is 16.9 Å². The van der Waals surface area contributed by atoms with Gasteiger partial charge in [-0.2, -0.15) is 4.98 Å². The van der Waals surface area contributed by atoms with Crippen molar-refractivity contribution in [1.29, 1.82) is 0 Å². The summed E-state index contributed by atoms with van der Waals surface area (Å²) < 4.78 is 10.5. The Kier molecular flexibility index (Phi) is 7.96. The fraction of sp³-hybridized carbons (Fsp3) is 0.333. The number of aryl methyl sites for hydroxylation is 1. The number of carbonyl (C=O) groups excluding carboxylic acids is 2. The van der Waals surface area contributed by atoms with Gasteiger partial charge in [-0.15, -0.1) is 0 Å². The zero-order chi connectivity index (χ0) is 22.9. The van der Waals surface area contributed by atoms with E-state index in [0.29, 0.717) is 49.8 Å². The molecule has 0 saturated heterocycles. The van der Waals surface area contributed by atoms with Gasteiger partial charge in [0.25, 0.3) is 0 Å². The van der Waals surface area contributed by atoms with Gasteiger partial charge in [-0.05, 0) is 55.3 Å². The van der Waals surface area contributed by atoms with Crippen LogP contribution < -0.4 is 10.1 Å². The summed E-state index contributed by atoms with van der Waals surface area (Å²) in [7, 11) is 1.61. The van der Waals surface area contributed by atoms with Crippen LogP contribution in [-0.4, -0.2) is 40.5 Å². The maximum Gasteiger partial charge on any atom is 0.226 e. The normalized spacial score (nSPS) is 10.6. The summed E-state index contributed by atoms with van der Waals surface area (Å²) in [5.41, 5.74) is 2.52. The molecule has 3 aromatic rings. The van der Waals surface area contributed by atoms with Crippen LogP contribution in [0.25, 0.3) is 11.4 Å².